The summed E-state index contributed by atoms with van der Waals surface area (Å²) in [7, 11) is 0. The Morgan fingerprint density at radius 1 is 0.966 bits per heavy atom. The van der Waals surface area contributed by atoms with E-state index < -0.39 is 17.5 Å². The predicted molar refractivity (Wildman–Crippen MR) is 106 cm³/mol. The number of halogens is 1. The van der Waals surface area contributed by atoms with Crippen LogP contribution in [0.4, 0.5) is 4.39 Å². The summed E-state index contributed by atoms with van der Waals surface area (Å²) >= 11 is 0. The van der Waals surface area contributed by atoms with Crippen molar-refractivity contribution in [2.75, 3.05) is 26.2 Å². The molecule has 3 aromatic rings. The molecule has 1 saturated heterocycles. The molecular weight excluding hydrogens is 373 g/mol. The number of H-pyrrole nitrogens is 1. The fourth-order valence-electron chi connectivity index (χ4n) is 3.54. The second kappa shape index (κ2) is 7.50. The topological polar surface area (TPSA) is 73.5 Å². The number of aryl methyl sites for hydroxylation is 1. The van der Waals surface area contributed by atoms with Crippen molar-refractivity contribution in [1.29, 1.82) is 0 Å². The Hall–Kier alpha value is -3.48. The van der Waals surface area contributed by atoms with E-state index in [9.17, 15) is 18.8 Å². The smallest absolute Gasteiger partial charge is 0.295 e. The number of nitrogens with zero attached hydrogens (tertiary/aromatic N) is 2. The third kappa shape index (κ3) is 3.51. The molecule has 1 N–H and O–H groups in total. The number of ketones is 1. The molecule has 0 spiro atoms. The lowest BCUT2D eigenvalue weighted by Crippen LogP contribution is -2.52. The van der Waals surface area contributed by atoms with Crippen molar-refractivity contribution in [2.45, 2.75) is 6.92 Å². The molecule has 1 aliphatic rings. The summed E-state index contributed by atoms with van der Waals surface area (Å²) in [6.45, 7) is 2.74. The van der Waals surface area contributed by atoms with Crippen LogP contribution in [-0.4, -0.2) is 58.6 Å². The molecule has 1 fully saturated rings. The molecule has 148 valence electrons. The summed E-state index contributed by atoms with van der Waals surface area (Å²) in [6, 6.07) is 11.7. The number of rotatable bonds is 3. The average Bonchev–Trinajstić information content (AvgIpc) is 3.18. The predicted octanol–water partition coefficient (Wildman–Crippen LogP) is 2.78. The molecule has 0 aliphatic carbocycles. The molecule has 0 unspecified atom stereocenters. The Balaban J connectivity index is 1.42. The van der Waals surface area contributed by atoms with Crippen molar-refractivity contribution < 1.29 is 18.8 Å². The van der Waals surface area contributed by atoms with Crippen LogP contribution >= 0.6 is 0 Å². The molecule has 29 heavy (non-hydrogen) atoms. The highest BCUT2D eigenvalue weighted by Gasteiger charge is 2.30. The zero-order valence-electron chi connectivity index (χ0n) is 15.9. The van der Waals surface area contributed by atoms with Crippen molar-refractivity contribution in [1.82, 2.24) is 14.8 Å². The minimum atomic E-state index is -0.580. The molecule has 1 aromatic heterocycles. The van der Waals surface area contributed by atoms with E-state index in [-0.39, 0.29) is 24.6 Å². The molecule has 0 atom stereocenters. The van der Waals surface area contributed by atoms with Crippen molar-refractivity contribution in [3.05, 3.63) is 71.2 Å². The van der Waals surface area contributed by atoms with Gasteiger partial charge in [-0.1, -0.05) is 24.3 Å². The van der Waals surface area contributed by atoms with Crippen LogP contribution in [0.3, 0.4) is 0 Å². The van der Waals surface area contributed by atoms with E-state index in [1.165, 1.54) is 11.0 Å². The van der Waals surface area contributed by atoms with Gasteiger partial charge < -0.3 is 14.8 Å². The molecule has 0 saturated carbocycles. The molecule has 1 aliphatic heterocycles. The number of amides is 2. The van der Waals surface area contributed by atoms with Crippen LogP contribution in [0.1, 0.15) is 26.3 Å². The first kappa shape index (κ1) is 18.9. The first-order chi connectivity index (χ1) is 14.0. The number of hydrogen-bond donors (Lipinski definition) is 1. The molecule has 2 heterocycles. The normalized spacial score (nSPS) is 14.3. The zero-order valence-corrected chi connectivity index (χ0v) is 15.9. The van der Waals surface area contributed by atoms with E-state index in [4.69, 9.17) is 0 Å². The van der Waals surface area contributed by atoms with E-state index in [2.05, 4.69) is 4.98 Å². The summed E-state index contributed by atoms with van der Waals surface area (Å²) in [5.41, 5.74) is 1.90. The molecule has 2 amide bonds. The molecule has 0 bridgehead atoms. The third-order valence-electron chi connectivity index (χ3n) is 5.30. The summed E-state index contributed by atoms with van der Waals surface area (Å²) in [6.07, 6.45) is 1.55. The maximum absolute atomic E-state index is 13.7. The Bertz CT molecular complexity index is 1110. The first-order valence-electron chi connectivity index (χ1n) is 9.41. The van der Waals surface area contributed by atoms with Crippen LogP contribution in [0.25, 0.3) is 10.9 Å². The van der Waals surface area contributed by atoms with Crippen molar-refractivity contribution in [2.24, 2.45) is 0 Å². The van der Waals surface area contributed by atoms with Crippen LogP contribution in [-0.2, 0) is 4.79 Å². The van der Waals surface area contributed by atoms with Crippen molar-refractivity contribution in [3.63, 3.8) is 0 Å². The number of carbonyl (C=O) groups is 3. The largest absolute Gasteiger partial charge is 0.360 e. The lowest BCUT2D eigenvalue weighted by molar-refractivity contribution is -0.127. The molecular formula is C22H20FN3O3. The van der Waals surface area contributed by atoms with E-state index >= 15 is 0 Å². The van der Waals surface area contributed by atoms with Crippen LogP contribution in [0.2, 0.25) is 0 Å². The van der Waals surface area contributed by atoms with Gasteiger partial charge in [0.05, 0.1) is 5.56 Å². The van der Waals surface area contributed by atoms with Gasteiger partial charge in [-0.25, -0.2) is 4.39 Å². The number of carbonyl (C=O) groups excluding carboxylic acids is 3. The van der Waals surface area contributed by atoms with Gasteiger partial charge in [-0.3, -0.25) is 14.4 Å². The number of para-hydroxylation sites is 1. The average molecular weight is 393 g/mol. The minimum absolute atomic E-state index is 0.257. The second-order valence-electron chi connectivity index (χ2n) is 7.13. The highest BCUT2D eigenvalue weighted by molar-refractivity contribution is 6.44. The minimum Gasteiger partial charge on any atom is -0.360 e. The summed E-state index contributed by atoms with van der Waals surface area (Å²) < 4.78 is 13.7. The standard InChI is InChI=1S/C22H20FN3O3/c1-14-6-7-15(12-18(14)23)21(28)25-8-10-26(11-9-25)22(29)20(27)17-13-24-19-5-3-2-4-16(17)19/h2-7,12-13,24H,8-11H2,1H3. The number of piperazine rings is 1. The Kier molecular flexibility index (Phi) is 4.88. The van der Waals surface area contributed by atoms with Crippen molar-refractivity contribution >= 4 is 28.5 Å². The van der Waals surface area contributed by atoms with Crippen LogP contribution < -0.4 is 0 Å². The van der Waals surface area contributed by atoms with Gasteiger partial charge in [0.1, 0.15) is 5.82 Å². The van der Waals surface area contributed by atoms with Gasteiger partial charge in [-0.05, 0) is 30.7 Å². The number of hydrogen-bond acceptors (Lipinski definition) is 3. The summed E-state index contributed by atoms with van der Waals surface area (Å²) in [5.74, 6) is -1.85. The Morgan fingerprint density at radius 2 is 1.66 bits per heavy atom. The van der Waals surface area contributed by atoms with Gasteiger partial charge in [0.2, 0.25) is 0 Å². The number of fused-ring (bicyclic) bond motifs is 1. The lowest BCUT2D eigenvalue weighted by Gasteiger charge is -2.34. The first-order valence-corrected chi connectivity index (χ1v) is 9.41. The Morgan fingerprint density at radius 3 is 2.38 bits per heavy atom. The monoisotopic (exact) mass is 393 g/mol. The molecule has 2 aromatic carbocycles. The van der Waals surface area contributed by atoms with E-state index in [0.717, 1.165) is 5.52 Å². The van der Waals surface area contributed by atoms with E-state index in [0.29, 0.717) is 29.6 Å². The molecule has 7 heteroatoms. The fourth-order valence-corrected chi connectivity index (χ4v) is 3.54. The summed E-state index contributed by atoms with van der Waals surface area (Å²) in [4.78, 5) is 44.0. The number of benzene rings is 2. The lowest BCUT2D eigenvalue weighted by atomic mass is 10.1. The van der Waals surface area contributed by atoms with Gasteiger partial charge in [0, 0.05) is 48.8 Å². The SMILES string of the molecule is Cc1ccc(C(=O)N2CCN(C(=O)C(=O)c3c[nH]c4ccccc34)CC2)cc1F. The van der Waals surface area contributed by atoms with Crippen LogP contribution in [0.5, 0.6) is 0 Å². The maximum Gasteiger partial charge on any atom is 0.295 e. The van der Waals surface area contributed by atoms with Gasteiger partial charge in [0.15, 0.2) is 0 Å². The van der Waals surface area contributed by atoms with Crippen molar-refractivity contribution in [3.8, 4) is 0 Å². The van der Waals surface area contributed by atoms with Gasteiger partial charge in [0.25, 0.3) is 17.6 Å². The van der Waals surface area contributed by atoms with Crippen LogP contribution in [0.15, 0.2) is 48.7 Å². The molecule has 4 rings (SSSR count). The quantitative estimate of drug-likeness (QED) is 0.549. The van der Waals surface area contributed by atoms with E-state index in [1.807, 2.05) is 18.2 Å². The fraction of sp³-hybridized carbons (Fsp3) is 0.227. The summed E-state index contributed by atoms with van der Waals surface area (Å²) in [5, 5.41) is 0.709. The van der Waals surface area contributed by atoms with Gasteiger partial charge >= 0.3 is 0 Å². The molecule has 0 radical (unpaired) electrons. The highest BCUT2D eigenvalue weighted by Crippen LogP contribution is 2.19. The van der Waals surface area contributed by atoms with Crippen LogP contribution in [0, 0.1) is 12.7 Å². The highest BCUT2D eigenvalue weighted by atomic mass is 19.1. The van der Waals surface area contributed by atoms with E-state index in [1.54, 1.807) is 36.2 Å². The number of aromatic nitrogens is 1. The zero-order chi connectivity index (χ0) is 20.5. The number of Topliss-reactive ketones (excluding diaryl/α,β-unsaturated/α-hetero) is 1. The van der Waals surface area contributed by atoms with Gasteiger partial charge in [-0.2, -0.15) is 0 Å². The molecule has 6 nitrogen and oxygen atoms in total. The Labute approximate surface area is 166 Å². The third-order valence-corrected chi connectivity index (χ3v) is 5.30. The van der Waals surface area contributed by atoms with Gasteiger partial charge in [-0.15, -0.1) is 0 Å². The second-order valence-corrected chi connectivity index (χ2v) is 7.13. The number of aromatic amines is 1. The maximum atomic E-state index is 13.7. The number of nitrogens with one attached hydrogen (secondary N) is 1.